The molecule has 0 spiro atoms. The Balaban J connectivity index is 2.26. The van der Waals surface area contributed by atoms with Crippen molar-refractivity contribution in [3.05, 3.63) is 58.6 Å². The molecule has 2 rings (SSSR count). The summed E-state index contributed by atoms with van der Waals surface area (Å²) in [4.78, 5) is 23.7. The largest absolute Gasteiger partial charge is 0.465 e. The van der Waals surface area contributed by atoms with Crippen molar-refractivity contribution in [3.63, 3.8) is 0 Å². The normalized spacial score (nSPS) is 10.0. The maximum Gasteiger partial charge on any atom is 0.339 e. The van der Waals surface area contributed by atoms with Gasteiger partial charge in [0, 0.05) is 11.4 Å². The molecule has 0 aliphatic carbocycles. The quantitative estimate of drug-likeness (QED) is 0.674. The Morgan fingerprint density at radius 3 is 2.52 bits per heavy atom. The van der Waals surface area contributed by atoms with Crippen LogP contribution in [0.5, 0.6) is 0 Å². The molecule has 5 nitrogen and oxygen atoms in total. The molecule has 0 radical (unpaired) electrons. The van der Waals surface area contributed by atoms with Gasteiger partial charge in [0.05, 0.1) is 23.3 Å². The van der Waals surface area contributed by atoms with Crippen LogP contribution in [-0.2, 0) is 4.74 Å². The highest BCUT2D eigenvalue weighted by Crippen LogP contribution is 2.22. The predicted octanol–water partition coefficient (Wildman–Crippen LogP) is 2.96. The molecule has 0 aliphatic rings. The summed E-state index contributed by atoms with van der Waals surface area (Å²) in [6, 6.07) is 11.3. The van der Waals surface area contributed by atoms with Crippen molar-refractivity contribution in [1.29, 1.82) is 0 Å². The van der Waals surface area contributed by atoms with Gasteiger partial charge in [0.1, 0.15) is 0 Å². The zero-order valence-corrected chi connectivity index (χ0v) is 12.0. The van der Waals surface area contributed by atoms with Crippen LogP contribution >= 0.6 is 11.6 Å². The lowest BCUT2D eigenvalue weighted by Crippen LogP contribution is -2.14. The summed E-state index contributed by atoms with van der Waals surface area (Å²) in [6.45, 7) is 0. The maximum absolute atomic E-state index is 12.1. The van der Waals surface area contributed by atoms with Gasteiger partial charge in [0.25, 0.3) is 5.91 Å². The highest BCUT2D eigenvalue weighted by atomic mass is 35.5. The van der Waals surface area contributed by atoms with Crippen molar-refractivity contribution in [1.82, 2.24) is 0 Å². The first-order valence-electron chi connectivity index (χ1n) is 6.06. The number of rotatable bonds is 3. The third kappa shape index (κ3) is 3.32. The number of benzene rings is 2. The Bertz CT molecular complexity index is 701. The van der Waals surface area contributed by atoms with E-state index in [9.17, 15) is 9.59 Å². The second kappa shape index (κ2) is 6.28. The minimum Gasteiger partial charge on any atom is -0.465 e. The van der Waals surface area contributed by atoms with Gasteiger partial charge in [-0.2, -0.15) is 0 Å². The number of nitrogen functional groups attached to an aromatic ring is 1. The molecule has 0 aliphatic heterocycles. The summed E-state index contributed by atoms with van der Waals surface area (Å²) in [7, 11) is 1.26. The molecule has 3 N–H and O–H groups in total. The number of amides is 1. The van der Waals surface area contributed by atoms with Crippen LogP contribution in [0.15, 0.2) is 42.5 Å². The lowest BCUT2D eigenvalue weighted by Gasteiger charge is -2.09. The van der Waals surface area contributed by atoms with Gasteiger partial charge in [-0.05, 0) is 30.3 Å². The molecule has 0 bridgehead atoms. The fourth-order valence-corrected chi connectivity index (χ4v) is 1.97. The van der Waals surface area contributed by atoms with E-state index in [4.69, 9.17) is 17.3 Å². The van der Waals surface area contributed by atoms with E-state index in [2.05, 4.69) is 10.1 Å². The van der Waals surface area contributed by atoms with Crippen LogP contribution in [0, 0.1) is 0 Å². The number of anilines is 2. The number of carbonyl (C=O) groups is 2. The van der Waals surface area contributed by atoms with E-state index in [1.54, 1.807) is 30.3 Å². The molecule has 1 amide bonds. The summed E-state index contributed by atoms with van der Waals surface area (Å²) in [5.74, 6) is -0.943. The van der Waals surface area contributed by atoms with Crippen molar-refractivity contribution >= 4 is 34.9 Å². The smallest absolute Gasteiger partial charge is 0.339 e. The number of esters is 1. The van der Waals surface area contributed by atoms with Gasteiger partial charge in [-0.3, -0.25) is 4.79 Å². The molecule has 2 aromatic carbocycles. The van der Waals surface area contributed by atoms with Crippen molar-refractivity contribution in [2.45, 2.75) is 0 Å². The first kappa shape index (κ1) is 14.9. The molecule has 21 heavy (non-hydrogen) atoms. The van der Waals surface area contributed by atoms with Crippen LogP contribution in [-0.4, -0.2) is 19.0 Å². The van der Waals surface area contributed by atoms with Crippen LogP contribution in [0.1, 0.15) is 20.7 Å². The van der Waals surface area contributed by atoms with Crippen LogP contribution in [0.25, 0.3) is 0 Å². The molecule has 6 heteroatoms. The van der Waals surface area contributed by atoms with Gasteiger partial charge >= 0.3 is 5.97 Å². The Morgan fingerprint density at radius 2 is 1.86 bits per heavy atom. The molecule has 2 aromatic rings. The number of halogens is 1. The van der Waals surface area contributed by atoms with E-state index in [0.717, 1.165) is 0 Å². The number of ether oxygens (including phenoxy) is 1. The number of nitrogens with two attached hydrogens (primary N) is 1. The summed E-state index contributed by atoms with van der Waals surface area (Å²) >= 11 is 5.92. The summed E-state index contributed by atoms with van der Waals surface area (Å²) in [5.41, 5.74) is 7.07. The van der Waals surface area contributed by atoms with Gasteiger partial charge in [0.2, 0.25) is 0 Å². The van der Waals surface area contributed by atoms with Crippen LogP contribution in [0.4, 0.5) is 11.4 Å². The van der Waals surface area contributed by atoms with E-state index < -0.39 is 5.97 Å². The van der Waals surface area contributed by atoms with E-state index in [-0.39, 0.29) is 16.5 Å². The molecule has 108 valence electrons. The van der Waals surface area contributed by atoms with Crippen molar-refractivity contribution in [2.75, 3.05) is 18.2 Å². The van der Waals surface area contributed by atoms with Gasteiger partial charge in [-0.1, -0.05) is 23.7 Å². The molecular weight excluding hydrogens is 292 g/mol. The zero-order chi connectivity index (χ0) is 15.4. The topological polar surface area (TPSA) is 81.4 Å². The van der Waals surface area contributed by atoms with E-state index in [1.165, 1.54) is 19.2 Å². The number of para-hydroxylation sites is 1. The van der Waals surface area contributed by atoms with Crippen molar-refractivity contribution in [2.24, 2.45) is 0 Å². The van der Waals surface area contributed by atoms with Crippen molar-refractivity contribution in [3.8, 4) is 0 Å². The van der Waals surface area contributed by atoms with Gasteiger partial charge in [0.15, 0.2) is 0 Å². The lowest BCUT2D eigenvalue weighted by molar-refractivity contribution is 0.0600. The molecule has 0 fully saturated rings. The first-order valence-corrected chi connectivity index (χ1v) is 6.44. The second-order valence-corrected chi connectivity index (χ2v) is 4.63. The summed E-state index contributed by atoms with van der Waals surface area (Å²) in [5, 5.41) is 2.91. The van der Waals surface area contributed by atoms with E-state index in [1.807, 2.05) is 0 Å². The molecule has 0 saturated carbocycles. The molecule has 0 unspecified atom stereocenters. The highest BCUT2D eigenvalue weighted by molar-refractivity contribution is 6.33. The Kier molecular flexibility index (Phi) is 4.45. The maximum atomic E-state index is 12.1. The summed E-state index contributed by atoms with van der Waals surface area (Å²) in [6.07, 6.45) is 0. The number of nitrogens with one attached hydrogen (secondary N) is 1. The van der Waals surface area contributed by atoms with Crippen LogP contribution in [0.2, 0.25) is 5.02 Å². The Morgan fingerprint density at radius 1 is 1.14 bits per heavy atom. The first-order chi connectivity index (χ1) is 10.0. The highest BCUT2D eigenvalue weighted by Gasteiger charge is 2.14. The zero-order valence-electron chi connectivity index (χ0n) is 11.2. The van der Waals surface area contributed by atoms with Gasteiger partial charge in [-0.15, -0.1) is 0 Å². The number of hydrogen-bond acceptors (Lipinski definition) is 4. The predicted molar refractivity (Wildman–Crippen MR) is 81.6 cm³/mol. The van der Waals surface area contributed by atoms with Gasteiger partial charge in [-0.25, -0.2) is 4.79 Å². The Labute approximate surface area is 126 Å². The Hall–Kier alpha value is -2.53. The number of carbonyl (C=O) groups excluding carboxylic acids is 2. The average Bonchev–Trinajstić information content (AvgIpc) is 2.48. The molecule has 0 aromatic heterocycles. The van der Waals surface area contributed by atoms with Gasteiger partial charge < -0.3 is 15.8 Å². The SMILES string of the molecule is COC(=O)c1cc(NC(=O)c2ccccc2N)ccc1Cl. The minimum atomic E-state index is -0.574. The van der Waals surface area contributed by atoms with Crippen molar-refractivity contribution < 1.29 is 14.3 Å². The monoisotopic (exact) mass is 304 g/mol. The minimum absolute atomic E-state index is 0.179. The molecule has 0 saturated heterocycles. The standard InChI is InChI=1S/C15H13ClN2O3/c1-21-15(20)11-8-9(6-7-12(11)16)18-14(19)10-4-2-3-5-13(10)17/h2-8H,17H2,1H3,(H,18,19). The molecular formula is C15H13ClN2O3. The third-order valence-corrected chi connectivity index (χ3v) is 3.16. The molecule has 0 heterocycles. The van der Waals surface area contributed by atoms with Crippen LogP contribution < -0.4 is 11.1 Å². The molecule has 0 atom stereocenters. The third-order valence-electron chi connectivity index (χ3n) is 2.83. The fourth-order valence-electron chi connectivity index (χ4n) is 1.77. The summed E-state index contributed by atoms with van der Waals surface area (Å²) < 4.78 is 4.62. The van der Waals surface area contributed by atoms with Crippen LogP contribution in [0.3, 0.4) is 0 Å². The average molecular weight is 305 g/mol. The van der Waals surface area contributed by atoms with E-state index >= 15 is 0 Å². The second-order valence-electron chi connectivity index (χ2n) is 4.23. The fraction of sp³-hybridized carbons (Fsp3) is 0.0667. The van der Waals surface area contributed by atoms with E-state index in [0.29, 0.717) is 16.9 Å². The number of methoxy groups -OCH3 is 1. The lowest BCUT2D eigenvalue weighted by atomic mass is 10.1. The number of hydrogen-bond donors (Lipinski definition) is 2.